The fourth-order valence-corrected chi connectivity index (χ4v) is 4.54. The Hall–Kier alpha value is -1.09. The Kier molecular flexibility index (Phi) is 4.25. The maximum absolute atomic E-state index is 2.54. The summed E-state index contributed by atoms with van der Waals surface area (Å²) in [7, 11) is 0. The van der Waals surface area contributed by atoms with E-state index in [1.165, 1.54) is 22.0 Å². The minimum absolute atomic E-state index is 0.674. The molecule has 0 radical (unpaired) electrons. The quantitative estimate of drug-likeness (QED) is 0.478. The van der Waals surface area contributed by atoms with E-state index in [1.807, 2.05) is 0 Å². The molecule has 0 saturated carbocycles. The molecule has 2 aromatic rings. The zero-order valence-electron chi connectivity index (χ0n) is 11.7. The molecule has 0 nitrogen and oxygen atoms in total. The number of alkyl halides is 1. The van der Waals surface area contributed by atoms with Crippen LogP contribution >= 0.6 is 22.6 Å². The van der Waals surface area contributed by atoms with Gasteiger partial charge in [0, 0.05) is 4.43 Å². The molecule has 20 heavy (non-hydrogen) atoms. The number of hydrogen-bond donors (Lipinski definition) is 0. The molecular weight excluding hydrogens is 355 g/mol. The zero-order chi connectivity index (χ0) is 13.9. The van der Waals surface area contributed by atoms with Crippen molar-refractivity contribution in [1.82, 2.24) is 0 Å². The second kappa shape index (κ2) is 6.13. The lowest BCUT2D eigenvalue weighted by molar-refractivity contribution is 0.521. The lowest BCUT2D eigenvalue weighted by Gasteiger charge is -2.17. The van der Waals surface area contributed by atoms with E-state index in [4.69, 9.17) is 0 Å². The first-order valence-corrected chi connectivity index (χ1v) is 8.73. The monoisotopic (exact) mass is 374 g/mol. The molecule has 0 bridgehead atoms. The maximum Gasteiger partial charge on any atom is 0.00672 e. The number of halogens is 1. The van der Waals surface area contributed by atoms with Gasteiger partial charge < -0.3 is 0 Å². The molecule has 0 aromatic heterocycles. The summed E-state index contributed by atoms with van der Waals surface area (Å²) in [6, 6.07) is 21.8. The molecule has 0 saturated heterocycles. The van der Waals surface area contributed by atoms with Gasteiger partial charge >= 0.3 is 0 Å². The van der Waals surface area contributed by atoms with E-state index in [1.54, 1.807) is 11.1 Å². The molecule has 1 aliphatic carbocycles. The Bertz CT molecular complexity index is 598. The summed E-state index contributed by atoms with van der Waals surface area (Å²) in [4.78, 5) is 0. The van der Waals surface area contributed by atoms with Crippen LogP contribution in [0.25, 0.3) is 11.1 Å². The van der Waals surface area contributed by atoms with Gasteiger partial charge in [0.25, 0.3) is 0 Å². The van der Waals surface area contributed by atoms with Crippen LogP contribution in [-0.2, 0) is 0 Å². The molecule has 0 fully saturated rings. The van der Waals surface area contributed by atoms with Crippen LogP contribution in [0.3, 0.4) is 0 Å². The molecule has 0 heterocycles. The fourth-order valence-electron chi connectivity index (χ4n) is 3.23. The highest BCUT2D eigenvalue weighted by atomic mass is 127. The first-order chi connectivity index (χ1) is 9.81. The molecule has 1 heteroatoms. The van der Waals surface area contributed by atoms with E-state index in [9.17, 15) is 0 Å². The van der Waals surface area contributed by atoms with Gasteiger partial charge in [-0.15, -0.1) is 0 Å². The van der Waals surface area contributed by atoms with Gasteiger partial charge in [-0.05, 0) is 40.5 Å². The summed E-state index contributed by atoms with van der Waals surface area (Å²) in [5.41, 5.74) is 5.91. The highest BCUT2D eigenvalue weighted by molar-refractivity contribution is 14.1. The topological polar surface area (TPSA) is 0 Å². The Morgan fingerprint density at radius 2 is 1.45 bits per heavy atom. The number of benzene rings is 2. The Labute approximate surface area is 135 Å². The van der Waals surface area contributed by atoms with E-state index in [2.05, 4.69) is 90.2 Å². The van der Waals surface area contributed by atoms with Gasteiger partial charge in [-0.25, -0.2) is 0 Å². The zero-order valence-corrected chi connectivity index (χ0v) is 13.9. The van der Waals surface area contributed by atoms with Crippen molar-refractivity contribution in [3.05, 3.63) is 71.8 Å². The molecule has 3 rings (SSSR count). The maximum atomic E-state index is 2.54. The van der Waals surface area contributed by atoms with Crippen molar-refractivity contribution in [3.8, 4) is 0 Å². The van der Waals surface area contributed by atoms with Crippen molar-refractivity contribution in [2.75, 3.05) is 4.43 Å². The highest BCUT2D eigenvalue weighted by Gasteiger charge is 2.32. The minimum Gasteiger partial charge on any atom is -0.0857 e. The molecule has 0 aliphatic heterocycles. The molecule has 0 N–H and O–H groups in total. The standard InChI is InChI=1S/C19H19I/c1-14-12-17(15-8-4-2-5-9-15)19(18(14)13-20)16-10-6-3-7-11-16/h2-11,14,18H,12-13H2,1H3/t14-,18-/m0/s1. The van der Waals surface area contributed by atoms with Gasteiger partial charge in [0.15, 0.2) is 0 Å². The number of allylic oxidation sites excluding steroid dienone is 2. The average molecular weight is 374 g/mol. The van der Waals surface area contributed by atoms with Crippen LogP contribution in [0.1, 0.15) is 24.5 Å². The Balaban J connectivity index is 2.15. The molecule has 1 aliphatic rings. The van der Waals surface area contributed by atoms with Crippen molar-refractivity contribution >= 4 is 33.7 Å². The van der Waals surface area contributed by atoms with Crippen LogP contribution in [0.15, 0.2) is 60.7 Å². The fraction of sp³-hybridized carbons (Fsp3) is 0.263. The van der Waals surface area contributed by atoms with Gasteiger partial charge in [0.1, 0.15) is 0 Å². The summed E-state index contributed by atoms with van der Waals surface area (Å²) in [6.45, 7) is 2.39. The average Bonchev–Trinajstić information content (AvgIpc) is 2.85. The van der Waals surface area contributed by atoms with E-state index in [-0.39, 0.29) is 0 Å². The van der Waals surface area contributed by atoms with Gasteiger partial charge in [-0.1, -0.05) is 90.2 Å². The van der Waals surface area contributed by atoms with E-state index in [0.29, 0.717) is 5.92 Å². The van der Waals surface area contributed by atoms with Gasteiger partial charge in [-0.3, -0.25) is 0 Å². The lowest BCUT2D eigenvalue weighted by atomic mass is 9.90. The molecule has 0 spiro atoms. The summed E-state index contributed by atoms with van der Waals surface area (Å²) in [5, 5.41) is 0. The number of rotatable bonds is 3. The summed E-state index contributed by atoms with van der Waals surface area (Å²) in [5.74, 6) is 1.41. The van der Waals surface area contributed by atoms with E-state index >= 15 is 0 Å². The van der Waals surface area contributed by atoms with Crippen LogP contribution in [0, 0.1) is 11.8 Å². The second-order valence-electron chi connectivity index (χ2n) is 5.57. The smallest absolute Gasteiger partial charge is 0.00672 e. The van der Waals surface area contributed by atoms with Crippen molar-refractivity contribution in [3.63, 3.8) is 0 Å². The third-order valence-electron chi connectivity index (χ3n) is 4.28. The molecular formula is C19H19I. The van der Waals surface area contributed by atoms with E-state index in [0.717, 1.165) is 5.92 Å². The third-order valence-corrected chi connectivity index (χ3v) is 5.23. The van der Waals surface area contributed by atoms with Crippen molar-refractivity contribution in [2.24, 2.45) is 11.8 Å². The predicted molar refractivity (Wildman–Crippen MR) is 95.9 cm³/mol. The van der Waals surface area contributed by atoms with Crippen LogP contribution in [0.5, 0.6) is 0 Å². The third kappa shape index (κ3) is 2.56. The van der Waals surface area contributed by atoms with Gasteiger partial charge in [0.05, 0.1) is 0 Å². The van der Waals surface area contributed by atoms with Crippen molar-refractivity contribution < 1.29 is 0 Å². The molecule has 2 atom stereocenters. The minimum atomic E-state index is 0.674. The first-order valence-electron chi connectivity index (χ1n) is 7.21. The largest absolute Gasteiger partial charge is 0.0857 e. The van der Waals surface area contributed by atoms with Crippen molar-refractivity contribution in [2.45, 2.75) is 13.3 Å². The summed E-state index contributed by atoms with van der Waals surface area (Å²) >= 11 is 2.54. The van der Waals surface area contributed by atoms with Gasteiger partial charge in [-0.2, -0.15) is 0 Å². The molecule has 2 aromatic carbocycles. The predicted octanol–water partition coefficient (Wildman–Crippen LogP) is 5.69. The normalized spacial score (nSPS) is 22.3. The van der Waals surface area contributed by atoms with Crippen LogP contribution in [0.2, 0.25) is 0 Å². The molecule has 102 valence electrons. The van der Waals surface area contributed by atoms with E-state index < -0.39 is 0 Å². The highest BCUT2D eigenvalue weighted by Crippen LogP contribution is 2.47. The SMILES string of the molecule is C[C@H]1CC(c2ccccc2)=C(c2ccccc2)[C@H]1CI. The van der Waals surface area contributed by atoms with Gasteiger partial charge in [0.2, 0.25) is 0 Å². The summed E-state index contributed by atoms with van der Waals surface area (Å²) < 4.78 is 1.19. The Morgan fingerprint density at radius 1 is 0.900 bits per heavy atom. The summed E-state index contributed by atoms with van der Waals surface area (Å²) in [6.07, 6.45) is 1.20. The first kappa shape index (κ1) is 13.9. The van der Waals surface area contributed by atoms with Crippen LogP contribution in [-0.4, -0.2) is 4.43 Å². The number of hydrogen-bond acceptors (Lipinski definition) is 0. The van der Waals surface area contributed by atoms with Crippen LogP contribution < -0.4 is 0 Å². The van der Waals surface area contributed by atoms with Crippen LogP contribution in [0.4, 0.5) is 0 Å². The second-order valence-corrected chi connectivity index (χ2v) is 6.45. The lowest BCUT2D eigenvalue weighted by Crippen LogP contribution is -2.08. The molecule has 0 amide bonds. The van der Waals surface area contributed by atoms with Crippen molar-refractivity contribution in [1.29, 1.82) is 0 Å². The molecule has 0 unspecified atom stereocenters. The Morgan fingerprint density at radius 3 is 2.00 bits per heavy atom.